The van der Waals surface area contributed by atoms with Crippen molar-refractivity contribution < 1.29 is 37.5 Å². The largest absolute Gasteiger partial charge is 0.480 e. The van der Waals surface area contributed by atoms with E-state index in [1.165, 1.54) is 31.7 Å². The molecule has 1 aromatic rings. The quantitative estimate of drug-likeness (QED) is 0.667. The molecule has 0 spiro atoms. The Hall–Kier alpha value is -2.01. The Labute approximate surface area is 173 Å². The van der Waals surface area contributed by atoms with Gasteiger partial charge in [0.05, 0.1) is 22.6 Å². The summed E-state index contributed by atoms with van der Waals surface area (Å²) in [5.74, 6) is -3.41. The van der Waals surface area contributed by atoms with Crippen LogP contribution in [0.1, 0.15) is 29.8 Å². The number of amides is 1. The topological polar surface area (TPSA) is 91.8 Å². The van der Waals surface area contributed by atoms with E-state index >= 15 is 0 Å². The van der Waals surface area contributed by atoms with E-state index in [-0.39, 0.29) is 17.2 Å². The molecule has 0 aromatic heterocycles. The number of thioether (sulfide) groups is 2. The van der Waals surface area contributed by atoms with Crippen molar-refractivity contribution in [1.82, 2.24) is 4.90 Å². The summed E-state index contributed by atoms with van der Waals surface area (Å²) in [7, 11) is 0. The number of benzene rings is 1. The molecule has 1 aliphatic heterocycles. The Bertz CT molecular complexity index is 830. The number of carbonyl (C=O) groups is 4. The van der Waals surface area contributed by atoms with E-state index in [9.17, 15) is 37.5 Å². The minimum Gasteiger partial charge on any atom is -0.480 e. The molecule has 2 rings (SSSR count). The normalized spacial score (nSPS) is 18.9. The Morgan fingerprint density at radius 1 is 1.28 bits per heavy atom. The molecule has 158 valence electrons. The highest BCUT2D eigenvalue weighted by Crippen LogP contribution is 2.33. The van der Waals surface area contributed by atoms with Crippen LogP contribution in [0.3, 0.4) is 0 Å². The number of ketones is 1. The predicted octanol–water partition coefficient (Wildman–Crippen LogP) is 3.16. The average Bonchev–Trinajstić information content (AvgIpc) is 3.13. The van der Waals surface area contributed by atoms with E-state index in [4.69, 9.17) is 0 Å². The number of nitrogens with zero attached hydrogens (tertiary/aromatic N) is 1. The van der Waals surface area contributed by atoms with E-state index in [1.807, 2.05) is 0 Å². The molecular weight excluding hydrogens is 431 g/mol. The van der Waals surface area contributed by atoms with Crippen molar-refractivity contribution in [3.8, 4) is 0 Å². The first-order chi connectivity index (χ1) is 13.4. The van der Waals surface area contributed by atoms with Crippen molar-refractivity contribution in [3.05, 3.63) is 35.4 Å². The number of rotatable bonds is 6. The first-order valence-corrected chi connectivity index (χ1v) is 10.5. The smallest absolute Gasteiger partial charge is 0.416 e. The van der Waals surface area contributed by atoms with Crippen LogP contribution < -0.4 is 0 Å². The molecule has 1 heterocycles. The van der Waals surface area contributed by atoms with Gasteiger partial charge in [0.1, 0.15) is 6.04 Å². The molecule has 1 aliphatic rings. The molecule has 1 fully saturated rings. The van der Waals surface area contributed by atoms with Crippen LogP contribution in [-0.2, 0) is 20.6 Å². The summed E-state index contributed by atoms with van der Waals surface area (Å²) in [4.78, 5) is 49.8. The molecule has 6 nitrogen and oxygen atoms in total. The number of hydrogen-bond donors (Lipinski definition) is 1. The molecule has 3 atom stereocenters. The van der Waals surface area contributed by atoms with Gasteiger partial charge in [-0.05, 0) is 12.1 Å². The van der Waals surface area contributed by atoms with Gasteiger partial charge in [-0.3, -0.25) is 14.4 Å². The maximum absolute atomic E-state index is 13.0. The first kappa shape index (κ1) is 23.3. The lowest BCUT2D eigenvalue weighted by molar-refractivity contribution is -0.149. The van der Waals surface area contributed by atoms with Gasteiger partial charge in [0.2, 0.25) is 5.91 Å². The van der Waals surface area contributed by atoms with Crippen LogP contribution in [0.2, 0.25) is 0 Å². The number of carboxylic acids is 1. The van der Waals surface area contributed by atoms with E-state index in [1.54, 1.807) is 0 Å². The molecule has 29 heavy (non-hydrogen) atoms. The molecule has 0 saturated carbocycles. The van der Waals surface area contributed by atoms with Gasteiger partial charge < -0.3 is 10.0 Å². The lowest BCUT2D eigenvalue weighted by Crippen LogP contribution is -2.47. The van der Waals surface area contributed by atoms with E-state index in [2.05, 4.69) is 0 Å². The van der Waals surface area contributed by atoms with Crippen molar-refractivity contribution >= 4 is 46.3 Å². The molecule has 0 aliphatic carbocycles. The monoisotopic (exact) mass is 449 g/mol. The molecular formula is C18H18F3NO5S2. The molecule has 1 saturated heterocycles. The molecule has 1 N–H and O–H groups in total. The van der Waals surface area contributed by atoms with E-state index in [0.717, 1.165) is 17.0 Å². The number of carboxylic acid groups (broad SMARTS) is 1. The van der Waals surface area contributed by atoms with Crippen molar-refractivity contribution in [2.24, 2.45) is 5.92 Å². The number of Topliss-reactive ketones (excluding diaryl/α,β-unsaturated/α-hetero) is 1. The van der Waals surface area contributed by atoms with Crippen LogP contribution >= 0.6 is 23.5 Å². The van der Waals surface area contributed by atoms with Crippen LogP contribution in [0.4, 0.5) is 13.2 Å². The number of alkyl halides is 3. The van der Waals surface area contributed by atoms with Gasteiger partial charge in [0.25, 0.3) is 0 Å². The summed E-state index contributed by atoms with van der Waals surface area (Å²) < 4.78 is 38.9. The predicted molar refractivity (Wildman–Crippen MR) is 103 cm³/mol. The van der Waals surface area contributed by atoms with Gasteiger partial charge in [0.15, 0.2) is 10.9 Å². The van der Waals surface area contributed by atoms with Crippen LogP contribution in [0.25, 0.3) is 0 Å². The Morgan fingerprint density at radius 3 is 2.48 bits per heavy atom. The second-order valence-electron chi connectivity index (χ2n) is 6.42. The summed E-state index contributed by atoms with van der Waals surface area (Å²) in [5, 5.41) is 7.49. The third kappa shape index (κ3) is 5.53. The Balaban J connectivity index is 2.33. The zero-order chi connectivity index (χ0) is 21.9. The highest BCUT2D eigenvalue weighted by molar-refractivity contribution is 8.14. The fraction of sp³-hybridized carbons (Fsp3) is 0.444. The zero-order valence-electron chi connectivity index (χ0n) is 15.4. The van der Waals surface area contributed by atoms with E-state index in [0.29, 0.717) is 17.8 Å². The minimum absolute atomic E-state index is 0.120. The lowest BCUT2D eigenvalue weighted by Gasteiger charge is -2.27. The van der Waals surface area contributed by atoms with Crippen molar-refractivity contribution in [2.75, 3.05) is 11.6 Å². The minimum atomic E-state index is -4.65. The van der Waals surface area contributed by atoms with Gasteiger partial charge in [-0.25, -0.2) is 4.79 Å². The SMILES string of the molecule is CC(=O)SC(C(=O)c1cccc(C(F)(F)F)c1)[C@@H](C)C(=O)N1CSC[C@H]1C(=O)O. The summed E-state index contributed by atoms with van der Waals surface area (Å²) in [5.41, 5.74) is -1.29. The summed E-state index contributed by atoms with van der Waals surface area (Å²) in [6.45, 7) is 2.55. The summed E-state index contributed by atoms with van der Waals surface area (Å²) in [6.07, 6.45) is -4.65. The maximum atomic E-state index is 13.0. The molecule has 0 bridgehead atoms. The second-order valence-corrected chi connectivity index (χ2v) is 8.74. The summed E-state index contributed by atoms with van der Waals surface area (Å²) >= 11 is 1.79. The highest BCUT2D eigenvalue weighted by atomic mass is 32.2. The molecule has 0 radical (unpaired) electrons. The number of hydrogen-bond acceptors (Lipinski definition) is 6. The third-order valence-corrected chi connectivity index (χ3v) is 6.54. The fourth-order valence-electron chi connectivity index (χ4n) is 2.83. The van der Waals surface area contributed by atoms with Crippen molar-refractivity contribution in [3.63, 3.8) is 0 Å². The highest BCUT2D eigenvalue weighted by Gasteiger charge is 2.41. The molecule has 1 aromatic carbocycles. The standard InChI is InChI=1S/C18H18F3NO5S2/c1-9(16(25)22-8-28-7-13(22)17(26)27)15(29-10(2)23)14(24)11-4-3-5-12(6-11)18(19,20)21/h3-6,9,13,15H,7-8H2,1-2H3,(H,26,27)/t9-,13+,15?/m1/s1. The molecule has 1 unspecified atom stereocenters. The average molecular weight is 449 g/mol. The van der Waals surface area contributed by atoms with Crippen molar-refractivity contribution in [1.29, 1.82) is 0 Å². The zero-order valence-corrected chi connectivity index (χ0v) is 17.1. The number of aliphatic carboxylic acids is 1. The molecule has 1 amide bonds. The van der Waals surface area contributed by atoms with Gasteiger partial charge in [-0.1, -0.05) is 30.8 Å². The van der Waals surface area contributed by atoms with Crippen LogP contribution in [-0.4, -0.2) is 55.7 Å². The Morgan fingerprint density at radius 2 is 1.93 bits per heavy atom. The molecule has 11 heteroatoms. The Kier molecular flexibility index (Phi) is 7.39. The first-order valence-electron chi connectivity index (χ1n) is 8.43. The number of carbonyl (C=O) groups excluding carboxylic acids is 3. The van der Waals surface area contributed by atoms with E-state index < -0.39 is 51.7 Å². The van der Waals surface area contributed by atoms with Gasteiger partial charge in [-0.2, -0.15) is 13.2 Å². The maximum Gasteiger partial charge on any atom is 0.416 e. The van der Waals surface area contributed by atoms with Gasteiger partial charge in [-0.15, -0.1) is 11.8 Å². The fourth-order valence-corrected chi connectivity index (χ4v) is 4.91. The number of halogens is 3. The van der Waals surface area contributed by atoms with Crippen molar-refractivity contribution in [2.45, 2.75) is 31.3 Å². The van der Waals surface area contributed by atoms with Crippen LogP contribution in [0.5, 0.6) is 0 Å². The van der Waals surface area contributed by atoms with Gasteiger partial charge in [0, 0.05) is 18.2 Å². The van der Waals surface area contributed by atoms with Gasteiger partial charge >= 0.3 is 12.1 Å². The third-order valence-electron chi connectivity index (χ3n) is 4.32. The summed E-state index contributed by atoms with van der Waals surface area (Å²) in [6, 6.07) is 2.71. The lowest BCUT2D eigenvalue weighted by atomic mass is 9.96. The van der Waals surface area contributed by atoms with Crippen LogP contribution in [0, 0.1) is 5.92 Å². The second kappa shape index (κ2) is 9.21. The van der Waals surface area contributed by atoms with Crippen LogP contribution in [0.15, 0.2) is 24.3 Å².